The zero-order valence-electron chi connectivity index (χ0n) is 27.6. The van der Waals surface area contributed by atoms with Crippen LogP contribution in [0, 0.1) is 0 Å². The first kappa shape index (κ1) is 30.2. The maximum Gasteiger partial charge on any atom is 0.240 e. The number of rotatable bonds is 7. The molecule has 0 saturated heterocycles. The zero-order chi connectivity index (χ0) is 34.0. The van der Waals surface area contributed by atoms with Crippen LogP contribution in [-0.2, 0) is 4.74 Å². The molecule has 1 N–H and O–H groups in total. The van der Waals surface area contributed by atoms with Crippen LogP contribution < -0.4 is 5.43 Å². The van der Waals surface area contributed by atoms with Crippen LogP contribution in [0.2, 0.25) is 0 Å². The molecule has 9 rings (SSSR count). The van der Waals surface area contributed by atoms with Crippen molar-refractivity contribution in [2.75, 3.05) is 0 Å². The molecular weight excluding hydrogens is 625 g/mol. The Bertz CT molecular complexity index is 2460. The van der Waals surface area contributed by atoms with Crippen molar-refractivity contribution in [3.63, 3.8) is 0 Å². The van der Waals surface area contributed by atoms with Gasteiger partial charge in [-0.05, 0) is 51.2 Å². The molecule has 1 atom stereocenters. The number of fused-ring (bicyclic) bond motifs is 1. The molecule has 1 aromatic heterocycles. The van der Waals surface area contributed by atoms with Crippen molar-refractivity contribution in [1.29, 1.82) is 0 Å². The molecule has 0 bridgehead atoms. The molecule has 1 unspecified atom stereocenters. The van der Waals surface area contributed by atoms with Crippen molar-refractivity contribution in [3.05, 3.63) is 193 Å². The van der Waals surface area contributed by atoms with Gasteiger partial charge in [-0.2, -0.15) is 0 Å². The van der Waals surface area contributed by atoms with Crippen LogP contribution in [0.1, 0.15) is 17.4 Å². The highest BCUT2D eigenvalue weighted by atomic mass is 16.5. The highest BCUT2D eigenvalue weighted by Gasteiger charge is 2.23. The molecule has 51 heavy (non-hydrogen) atoms. The molecule has 242 valence electrons. The van der Waals surface area contributed by atoms with E-state index in [0.717, 1.165) is 61.5 Å². The molecule has 1 aliphatic rings. The number of nitrogens with one attached hydrogen (secondary N) is 1. The molecule has 0 fully saturated rings. The first-order chi connectivity index (χ1) is 25.3. The first-order valence-corrected chi connectivity index (χ1v) is 17.1. The Hall–Kier alpha value is -6.85. The van der Waals surface area contributed by atoms with Gasteiger partial charge in [-0.15, -0.1) is 5.10 Å². The number of nitrogens with zero attached hydrogens (tertiary/aromatic N) is 3. The van der Waals surface area contributed by atoms with E-state index < -0.39 is 0 Å². The average molecular weight is 657 g/mol. The topological polar surface area (TPSA) is 59.4 Å². The molecule has 7 aromatic carbocycles. The Morgan fingerprint density at radius 2 is 1.06 bits per heavy atom. The lowest BCUT2D eigenvalue weighted by Crippen LogP contribution is -2.12. The third-order valence-electron chi connectivity index (χ3n) is 9.29. The van der Waals surface area contributed by atoms with Gasteiger partial charge in [0.05, 0.1) is 11.4 Å². The zero-order valence-corrected chi connectivity index (χ0v) is 27.6. The lowest BCUT2D eigenvalue weighted by atomic mass is 9.86. The summed E-state index contributed by atoms with van der Waals surface area (Å²) < 4.78 is 6.20. The maximum absolute atomic E-state index is 6.20. The van der Waals surface area contributed by atoms with Gasteiger partial charge >= 0.3 is 0 Å². The van der Waals surface area contributed by atoms with Crippen molar-refractivity contribution < 1.29 is 4.74 Å². The van der Waals surface area contributed by atoms with E-state index in [4.69, 9.17) is 14.7 Å². The van der Waals surface area contributed by atoms with Gasteiger partial charge in [0, 0.05) is 27.8 Å². The SMILES string of the molecule is c1ccc(-c2cc(-c3ccccc3-c3c(-c4ccc(C5=NNC(c6ccccc6)O5)cc4)ccc4ccccc34)nc(-c3ccccc3)n2)cc1. The minimum Gasteiger partial charge on any atom is -0.446 e. The molecular formula is C46H32N4O. The number of hydrazone groups is 1. The van der Waals surface area contributed by atoms with E-state index in [1.54, 1.807) is 0 Å². The van der Waals surface area contributed by atoms with Crippen molar-refractivity contribution >= 4 is 16.7 Å². The van der Waals surface area contributed by atoms with Gasteiger partial charge in [0.2, 0.25) is 12.1 Å². The van der Waals surface area contributed by atoms with Crippen molar-refractivity contribution in [2.45, 2.75) is 6.23 Å². The Kier molecular flexibility index (Phi) is 7.84. The summed E-state index contributed by atoms with van der Waals surface area (Å²) in [5.74, 6) is 1.27. The highest BCUT2D eigenvalue weighted by molar-refractivity contribution is 6.07. The summed E-state index contributed by atoms with van der Waals surface area (Å²) in [5.41, 5.74) is 14.3. The van der Waals surface area contributed by atoms with Gasteiger partial charge in [0.15, 0.2) is 5.82 Å². The molecule has 2 heterocycles. The summed E-state index contributed by atoms with van der Waals surface area (Å²) >= 11 is 0. The van der Waals surface area contributed by atoms with Crippen LogP contribution in [0.15, 0.2) is 187 Å². The molecule has 0 radical (unpaired) electrons. The van der Waals surface area contributed by atoms with Gasteiger partial charge in [-0.25, -0.2) is 9.97 Å². The van der Waals surface area contributed by atoms with Crippen LogP contribution in [0.4, 0.5) is 0 Å². The minimum atomic E-state index is -0.309. The lowest BCUT2D eigenvalue weighted by Gasteiger charge is -2.18. The van der Waals surface area contributed by atoms with Crippen molar-refractivity contribution in [1.82, 2.24) is 15.4 Å². The molecule has 5 nitrogen and oxygen atoms in total. The van der Waals surface area contributed by atoms with Crippen LogP contribution in [0.25, 0.3) is 66.9 Å². The van der Waals surface area contributed by atoms with Crippen molar-refractivity contribution in [3.8, 4) is 56.2 Å². The summed E-state index contributed by atoms with van der Waals surface area (Å²) in [6.07, 6.45) is -0.309. The van der Waals surface area contributed by atoms with E-state index in [-0.39, 0.29) is 6.23 Å². The van der Waals surface area contributed by atoms with E-state index in [2.05, 4.69) is 126 Å². The quantitative estimate of drug-likeness (QED) is 0.185. The maximum atomic E-state index is 6.20. The summed E-state index contributed by atoms with van der Waals surface area (Å²) in [5, 5.41) is 6.85. The van der Waals surface area contributed by atoms with Gasteiger partial charge < -0.3 is 4.74 Å². The number of ether oxygens (including phenoxy) is 1. The normalized spacial score (nSPS) is 13.7. The second-order valence-electron chi connectivity index (χ2n) is 12.5. The van der Waals surface area contributed by atoms with E-state index in [1.165, 1.54) is 10.8 Å². The molecule has 0 spiro atoms. The van der Waals surface area contributed by atoms with E-state index in [0.29, 0.717) is 11.7 Å². The monoisotopic (exact) mass is 656 g/mol. The Morgan fingerprint density at radius 3 is 1.82 bits per heavy atom. The number of benzene rings is 7. The molecule has 0 aliphatic carbocycles. The first-order valence-electron chi connectivity index (χ1n) is 17.1. The highest BCUT2D eigenvalue weighted by Crippen LogP contribution is 2.43. The minimum absolute atomic E-state index is 0.309. The standard InChI is InChI=1S/C46H32N4O/c1-4-15-33(16-5-1)41-30-42(48-44(47-41)34-17-6-2-7-18-34)39-22-12-13-23-40(39)43-37-21-11-10-14-31(37)28-29-38(43)32-24-26-36(27-25-32)46-50-49-45(51-46)35-19-8-3-9-20-35/h1-30,45,49H. The molecule has 5 heteroatoms. The third kappa shape index (κ3) is 5.91. The second kappa shape index (κ2) is 13.2. The lowest BCUT2D eigenvalue weighted by molar-refractivity contribution is 0.192. The Morgan fingerprint density at radius 1 is 0.451 bits per heavy atom. The van der Waals surface area contributed by atoms with Gasteiger partial charge in [-0.3, -0.25) is 5.43 Å². The summed E-state index contributed by atoms with van der Waals surface area (Å²) in [7, 11) is 0. The van der Waals surface area contributed by atoms with Gasteiger partial charge in [0.1, 0.15) is 0 Å². The average Bonchev–Trinajstić information content (AvgIpc) is 3.72. The Balaban J connectivity index is 1.16. The fourth-order valence-electron chi connectivity index (χ4n) is 6.76. The second-order valence-corrected chi connectivity index (χ2v) is 12.5. The molecule has 1 aliphatic heterocycles. The van der Waals surface area contributed by atoms with Gasteiger partial charge in [-0.1, -0.05) is 164 Å². The van der Waals surface area contributed by atoms with E-state index in [1.807, 2.05) is 66.7 Å². The van der Waals surface area contributed by atoms with Crippen molar-refractivity contribution in [2.24, 2.45) is 5.10 Å². The third-order valence-corrected chi connectivity index (χ3v) is 9.29. The van der Waals surface area contributed by atoms with Crippen LogP contribution in [0.5, 0.6) is 0 Å². The van der Waals surface area contributed by atoms with E-state index in [9.17, 15) is 0 Å². The predicted octanol–water partition coefficient (Wildman–Crippen LogP) is 10.9. The predicted molar refractivity (Wildman–Crippen MR) is 207 cm³/mol. The number of hydrogen-bond donors (Lipinski definition) is 1. The van der Waals surface area contributed by atoms with Crippen LogP contribution in [0.3, 0.4) is 0 Å². The van der Waals surface area contributed by atoms with Crippen LogP contribution in [-0.4, -0.2) is 15.9 Å². The molecule has 8 aromatic rings. The summed E-state index contributed by atoms with van der Waals surface area (Å²) in [6.45, 7) is 0. The summed E-state index contributed by atoms with van der Waals surface area (Å²) in [4.78, 5) is 10.3. The summed E-state index contributed by atoms with van der Waals surface area (Å²) in [6, 6.07) is 62.7. The number of aromatic nitrogens is 2. The number of hydrogen-bond acceptors (Lipinski definition) is 5. The van der Waals surface area contributed by atoms with Crippen LogP contribution >= 0.6 is 0 Å². The fraction of sp³-hybridized carbons (Fsp3) is 0.0217. The largest absolute Gasteiger partial charge is 0.446 e. The van der Waals surface area contributed by atoms with E-state index >= 15 is 0 Å². The Labute approximate surface area is 296 Å². The fourth-order valence-corrected chi connectivity index (χ4v) is 6.76. The molecule has 0 amide bonds. The smallest absolute Gasteiger partial charge is 0.240 e. The molecule has 0 saturated carbocycles. The van der Waals surface area contributed by atoms with Gasteiger partial charge in [0.25, 0.3) is 0 Å².